The summed E-state index contributed by atoms with van der Waals surface area (Å²) < 4.78 is 10.6. The van der Waals surface area contributed by atoms with Gasteiger partial charge in [0.05, 0.1) is 25.6 Å². The van der Waals surface area contributed by atoms with Gasteiger partial charge in [-0.15, -0.1) is 11.8 Å². The van der Waals surface area contributed by atoms with E-state index in [-0.39, 0.29) is 23.6 Å². The summed E-state index contributed by atoms with van der Waals surface area (Å²) in [6.07, 6.45) is 0.308. The minimum atomic E-state index is -0.306. The minimum Gasteiger partial charge on any atom is -0.497 e. The quantitative estimate of drug-likeness (QED) is 0.580. The van der Waals surface area contributed by atoms with Gasteiger partial charge in [0, 0.05) is 22.6 Å². The molecular weight excluding hydrogens is 424 g/mol. The molecule has 0 bridgehead atoms. The highest BCUT2D eigenvalue weighted by atomic mass is 32.2. The highest BCUT2D eigenvalue weighted by Crippen LogP contribution is 2.45. The van der Waals surface area contributed by atoms with Crippen molar-refractivity contribution in [1.82, 2.24) is 0 Å². The average molecular weight is 449 g/mol. The number of ether oxygens (including phenoxy) is 2. The number of methoxy groups -OCH3 is 2. The number of benzene rings is 3. The summed E-state index contributed by atoms with van der Waals surface area (Å²) in [6.45, 7) is -0.0902. The van der Waals surface area contributed by atoms with Crippen molar-refractivity contribution in [1.29, 1.82) is 0 Å². The molecule has 3 aromatic rings. The summed E-state index contributed by atoms with van der Waals surface area (Å²) >= 11 is 1.65. The maximum atomic E-state index is 13.2. The fourth-order valence-corrected chi connectivity index (χ4v) is 4.92. The highest BCUT2D eigenvalue weighted by molar-refractivity contribution is 7.99. The first-order valence-corrected chi connectivity index (χ1v) is 11.1. The van der Waals surface area contributed by atoms with Crippen LogP contribution in [0.2, 0.25) is 0 Å². The van der Waals surface area contributed by atoms with Crippen molar-refractivity contribution >= 4 is 35.0 Å². The number of thioether (sulfide) groups is 1. The molecule has 1 aliphatic heterocycles. The predicted molar refractivity (Wildman–Crippen MR) is 127 cm³/mol. The van der Waals surface area contributed by atoms with Gasteiger partial charge in [0.1, 0.15) is 18.0 Å². The van der Waals surface area contributed by atoms with E-state index in [0.29, 0.717) is 23.6 Å². The molecule has 0 aliphatic carbocycles. The van der Waals surface area contributed by atoms with Gasteiger partial charge in [0.15, 0.2) is 0 Å². The Labute approximate surface area is 191 Å². The summed E-state index contributed by atoms with van der Waals surface area (Å²) in [6, 6.07) is 22.8. The van der Waals surface area contributed by atoms with Gasteiger partial charge < -0.3 is 19.7 Å². The third-order valence-corrected chi connectivity index (χ3v) is 6.56. The Bertz CT molecular complexity index is 1120. The summed E-state index contributed by atoms with van der Waals surface area (Å²) in [5, 5.41) is 2.84. The number of para-hydroxylation sites is 1. The van der Waals surface area contributed by atoms with Crippen molar-refractivity contribution in [2.45, 2.75) is 16.6 Å². The number of hydrogen-bond donors (Lipinski definition) is 1. The first-order chi connectivity index (χ1) is 15.6. The van der Waals surface area contributed by atoms with Crippen LogP contribution in [0.15, 0.2) is 77.7 Å². The van der Waals surface area contributed by atoms with Crippen LogP contribution in [0.5, 0.6) is 11.5 Å². The molecule has 1 atom stereocenters. The summed E-state index contributed by atoms with van der Waals surface area (Å²) in [4.78, 5) is 28.7. The van der Waals surface area contributed by atoms with Crippen LogP contribution in [0.1, 0.15) is 17.2 Å². The van der Waals surface area contributed by atoms with Gasteiger partial charge in [-0.25, -0.2) is 0 Å². The summed E-state index contributed by atoms with van der Waals surface area (Å²) in [5.41, 5.74) is 2.36. The Morgan fingerprint density at radius 1 is 1.03 bits per heavy atom. The Morgan fingerprint density at radius 2 is 1.78 bits per heavy atom. The van der Waals surface area contributed by atoms with Crippen molar-refractivity contribution in [2.24, 2.45) is 0 Å². The SMILES string of the molecule is COc1ccc(NC(=O)CN2C(=O)C[C@@H](c3ccccc3)Sc3ccccc32)c(OC)c1. The van der Waals surface area contributed by atoms with Gasteiger partial charge in [-0.1, -0.05) is 42.5 Å². The fraction of sp³-hybridized carbons (Fsp3) is 0.200. The normalized spacial score (nSPS) is 15.5. The van der Waals surface area contributed by atoms with Crippen LogP contribution < -0.4 is 19.7 Å². The number of nitrogens with zero attached hydrogens (tertiary/aromatic N) is 1. The zero-order valence-electron chi connectivity index (χ0n) is 17.9. The smallest absolute Gasteiger partial charge is 0.244 e. The molecule has 164 valence electrons. The number of carbonyl (C=O) groups excluding carboxylic acids is 2. The number of carbonyl (C=O) groups is 2. The standard InChI is InChI=1S/C25H24N2O4S/c1-30-18-12-13-19(21(14-18)31-2)26-24(28)16-27-20-10-6-7-11-22(20)32-23(15-25(27)29)17-8-4-3-5-9-17/h3-14,23H,15-16H2,1-2H3,(H,26,28)/t23-/m0/s1. The molecule has 0 spiro atoms. The molecule has 1 heterocycles. The van der Waals surface area contributed by atoms with Gasteiger partial charge in [-0.2, -0.15) is 0 Å². The zero-order chi connectivity index (χ0) is 22.5. The van der Waals surface area contributed by atoms with Gasteiger partial charge >= 0.3 is 0 Å². The van der Waals surface area contributed by atoms with E-state index in [9.17, 15) is 9.59 Å². The third kappa shape index (κ3) is 4.73. The van der Waals surface area contributed by atoms with E-state index >= 15 is 0 Å². The minimum absolute atomic E-state index is 0.0143. The number of amides is 2. The van der Waals surface area contributed by atoms with E-state index in [0.717, 1.165) is 16.1 Å². The molecule has 3 aromatic carbocycles. The molecule has 1 aliphatic rings. The molecule has 2 amide bonds. The number of fused-ring (bicyclic) bond motifs is 1. The van der Waals surface area contributed by atoms with Crippen LogP contribution in [-0.2, 0) is 9.59 Å². The maximum absolute atomic E-state index is 13.2. The van der Waals surface area contributed by atoms with E-state index in [1.54, 1.807) is 42.0 Å². The lowest BCUT2D eigenvalue weighted by atomic mass is 10.1. The number of nitrogens with one attached hydrogen (secondary N) is 1. The second kappa shape index (κ2) is 9.78. The molecule has 6 nitrogen and oxygen atoms in total. The van der Waals surface area contributed by atoms with Crippen LogP contribution in [0.25, 0.3) is 0 Å². The fourth-order valence-electron chi connectivity index (χ4n) is 3.64. The summed E-state index contributed by atoms with van der Waals surface area (Å²) in [5.74, 6) is 0.716. The third-order valence-electron chi connectivity index (χ3n) is 5.24. The van der Waals surface area contributed by atoms with Crippen LogP contribution in [-0.4, -0.2) is 32.6 Å². The Hall–Kier alpha value is -3.45. The van der Waals surface area contributed by atoms with E-state index in [2.05, 4.69) is 5.32 Å². The maximum Gasteiger partial charge on any atom is 0.244 e. The van der Waals surface area contributed by atoms with E-state index < -0.39 is 0 Å². The lowest BCUT2D eigenvalue weighted by Gasteiger charge is -2.22. The van der Waals surface area contributed by atoms with Crippen LogP contribution in [0.3, 0.4) is 0 Å². The molecule has 1 N–H and O–H groups in total. The largest absolute Gasteiger partial charge is 0.497 e. The number of hydrogen-bond acceptors (Lipinski definition) is 5. The van der Waals surface area contributed by atoms with Gasteiger partial charge in [-0.3, -0.25) is 9.59 Å². The van der Waals surface area contributed by atoms with E-state index in [4.69, 9.17) is 9.47 Å². The van der Waals surface area contributed by atoms with Crippen LogP contribution >= 0.6 is 11.8 Å². The van der Waals surface area contributed by atoms with E-state index in [1.807, 2.05) is 54.6 Å². The molecule has 0 unspecified atom stereocenters. The molecule has 0 saturated heterocycles. The lowest BCUT2D eigenvalue weighted by molar-refractivity contribution is -0.121. The molecule has 7 heteroatoms. The Morgan fingerprint density at radius 3 is 2.53 bits per heavy atom. The molecule has 0 aromatic heterocycles. The van der Waals surface area contributed by atoms with Crippen LogP contribution in [0, 0.1) is 0 Å². The highest BCUT2D eigenvalue weighted by Gasteiger charge is 2.30. The van der Waals surface area contributed by atoms with Gasteiger partial charge in [0.25, 0.3) is 0 Å². The van der Waals surface area contributed by atoms with Crippen molar-refractivity contribution in [3.63, 3.8) is 0 Å². The molecule has 32 heavy (non-hydrogen) atoms. The second-order valence-electron chi connectivity index (χ2n) is 7.28. The second-order valence-corrected chi connectivity index (χ2v) is 8.53. The van der Waals surface area contributed by atoms with Crippen molar-refractivity contribution in [3.05, 3.63) is 78.4 Å². The van der Waals surface area contributed by atoms with Gasteiger partial charge in [-0.05, 0) is 29.8 Å². The van der Waals surface area contributed by atoms with Crippen molar-refractivity contribution in [2.75, 3.05) is 31.0 Å². The monoisotopic (exact) mass is 448 g/mol. The molecule has 4 rings (SSSR count). The zero-order valence-corrected chi connectivity index (χ0v) is 18.7. The predicted octanol–water partition coefficient (Wildman–Crippen LogP) is 4.91. The molecular formula is C25H24N2O4S. The summed E-state index contributed by atoms with van der Waals surface area (Å²) in [7, 11) is 3.09. The average Bonchev–Trinajstić information content (AvgIpc) is 2.96. The lowest BCUT2D eigenvalue weighted by Crippen LogP contribution is -2.38. The van der Waals surface area contributed by atoms with Crippen molar-refractivity contribution in [3.8, 4) is 11.5 Å². The van der Waals surface area contributed by atoms with Crippen molar-refractivity contribution < 1.29 is 19.1 Å². The number of anilines is 2. The topological polar surface area (TPSA) is 67.9 Å². The first kappa shape index (κ1) is 21.8. The molecule has 0 saturated carbocycles. The Balaban J connectivity index is 1.57. The molecule has 0 fully saturated rings. The Kier molecular flexibility index (Phi) is 6.66. The number of rotatable bonds is 6. The van der Waals surface area contributed by atoms with Crippen LogP contribution in [0.4, 0.5) is 11.4 Å². The van der Waals surface area contributed by atoms with Gasteiger partial charge in [0.2, 0.25) is 11.8 Å². The van der Waals surface area contributed by atoms with E-state index in [1.165, 1.54) is 7.11 Å². The molecule has 0 radical (unpaired) electrons. The first-order valence-electron chi connectivity index (χ1n) is 10.2.